The Hall–Kier alpha value is -1.50. The smallest absolute Gasteiger partial charge is 0.260 e. The number of hydrogen-bond acceptors (Lipinski definition) is 2. The first-order chi connectivity index (χ1) is 5.65. The fourth-order valence-electron chi connectivity index (χ4n) is 0.832. The monoisotopic (exact) mass is 168 g/mol. The lowest BCUT2D eigenvalue weighted by Crippen LogP contribution is -1.93. The zero-order valence-corrected chi connectivity index (χ0v) is 6.38. The third-order valence-corrected chi connectivity index (χ3v) is 1.49. The molecule has 0 amide bonds. The van der Waals surface area contributed by atoms with Crippen LogP contribution in [0.3, 0.4) is 0 Å². The molecule has 0 bridgehead atoms. The van der Waals surface area contributed by atoms with Crippen LogP contribution in [0.5, 0.6) is 0 Å². The number of halogens is 2. The largest absolute Gasteiger partial charge is 0.265 e. The van der Waals surface area contributed by atoms with E-state index in [0.29, 0.717) is 0 Å². The van der Waals surface area contributed by atoms with Crippen LogP contribution in [-0.4, -0.2) is 4.98 Å². The predicted molar refractivity (Wildman–Crippen MR) is 38.6 cm³/mol. The Bertz CT molecular complexity index is 328. The Morgan fingerprint density at radius 1 is 1.58 bits per heavy atom. The van der Waals surface area contributed by atoms with Gasteiger partial charge < -0.3 is 0 Å². The molecule has 0 fully saturated rings. The van der Waals surface area contributed by atoms with Gasteiger partial charge in [0, 0.05) is 17.5 Å². The highest BCUT2D eigenvalue weighted by molar-refractivity contribution is 5.33. The molecule has 0 aliphatic rings. The summed E-state index contributed by atoms with van der Waals surface area (Å²) in [5, 5.41) is 8.40. The maximum Gasteiger partial charge on any atom is 0.265 e. The molecule has 0 aromatic carbocycles. The van der Waals surface area contributed by atoms with Gasteiger partial charge in [-0.15, -0.1) is 0 Å². The summed E-state index contributed by atoms with van der Waals surface area (Å²) in [5.74, 6) is 0. The van der Waals surface area contributed by atoms with E-state index in [1.54, 1.807) is 6.07 Å². The number of hydrogen-bond donors (Lipinski definition) is 0. The van der Waals surface area contributed by atoms with Gasteiger partial charge >= 0.3 is 0 Å². The molecule has 12 heavy (non-hydrogen) atoms. The first kappa shape index (κ1) is 8.60. The van der Waals surface area contributed by atoms with Gasteiger partial charge in [0.1, 0.15) is 6.07 Å². The highest BCUT2D eigenvalue weighted by Crippen LogP contribution is 2.21. The van der Waals surface area contributed by atoms with Crippen LogP contribution in [0.15, 0.2) is 12.3 Å². The SMILES string of the molecule is Cc1ncc(C#N)cc1C(F)F. The van der Waals surface area contributed by atoms with Crippen molar-refractivity contribution in [3.8, 4) is 6.07 Å². The highest BCUT2D eigenvalue weighted by atomic mass is 19.3. The van der Waals surface area contributed by atoms with Crippen LogP contribution in [0.1, 0.15) is 23.2 Å². The van der Waals surface area contributed by atoms with Gasteiger partial charge in [0.25, 0.3) is 6.43 Å². The van der Waals surface area contributed by atoms with Gasteiger partial charge in [-0.25, -0.2) is 8.78 Å². The van der Waals surface area contributed by atoms with E-state index in [-0.39, 0.29) is 16.8 Å². The van der Waals surface area contributed by atoms with E-state index in [2.05, 4.69) is 4.98 Å². The van der Waals surface area contributed by atoms with Crippen molar-refractivity contribution in [2.75, 3.05) is 0 Å². The lowest BCUT2D eigenvalue weighted by molar-refractivity contribution is 0.150. The van der Waals surface area contributed by atoms with E-state index in [0.717, 1.165) is 6.07 Å². The van der Waals surface area contributed by atoms with Gasteiger partial charge in [-0.05, 0) is 13.0 Å². The van der Waals surface area contributed by atoms with Crippen molar-refractivity contribution < 1.29 is 8.78 Å². The topological polar surface area (TPSA) is 36.7 Å². The Morgan fingerprint density at radius 2 is 2.25 bits per heavy atom. The number of pyridine rings is 1. The molecule has 0 spiro atoms. The van der Waals surface area contributed by atoms with Crippen LogP contribution in [0.4, 0.5) is 8.78 Å². The number of aryl methyl sites for hydroxylation is 1. The van der Waals surface area contributed by atoms with Crippen molar-refractivity contribution in [2.45, 2.75) is 13.3 Å². The lowest BCUT2D eigenvalue weighted by atomic mass is 10.1. The van der Waals surface area contributed by atoms with Crippen molar-refractivity contribution in [3.05, 3.63) is 29.1 Å². The minimum atomic E-state index is -2.56. The van der Waals surface area contributed by atoms with Gasteiger partial charge in [-0.3, -0.25) is 4.98 Å². The summed E-state index contributed by atoms with van der Waals surface area (Å²) in [4.78, 5) is 3.67. The maximum atomic E-state index is 12.2. The molecule has 0 N–H and O–H groups in total. The molecule has 1 rings (SSSR count). The summed E-state index contributed by atoms with van der Waals surface area (Å²) in [7, 11) is 0. The molecule has 1 heterocycles. The second-order valence-corrected chi connectivity index (χ2v) is 2.31. The second-order valence-electron chi connectivity index (χ2n) is 2.31. The lowest BCUT2D eigenvalue weighted by Gasteiger charge is -2.02. The van der Waals surface area contributed by atoms with E-state index < -0.39 is 6.43 Å². The molecule has 0 atom stereocenters. The zero-order valence-electron chi connectivity index (χ0n) is 6.38. The third kappa shape index (κ3) is 1.56. The Morgan fingerprint density at radius 3 is 2.75 bits per heavy atom. The number of nitriles is 1. The summed E-state index contributed by atoms with van der Waals surface area (Å²) < 4.78 is 24.4. The molecule has 0 radical (unpaired) electrons. The number of aromatic nitrogens is 1. The predicted octanol–water partition coefficient (Wildman–Crippen LogP) is 2.20. The standard InChI is InChI=1S/C8H6F2N2/c1-5-7(8(9)10)2-6(3-11)4-12-5/h2,4,8H,1H3. The first-order valence-electron chi connectivity index (χ1n) is 3.30. The maximum absolute atomic E-state index is 12.2. The van der Waals surface area contributed by atoms with E-state index in [9.17, 15) is 8.78 Å². The second kappa shape index (κ2) is 3.26. The van der Waals surface area contributed by atoms with Crippen molar-refractivity contribution in [1.82, 2.24) is 4.98 Å². The molecule has 0 aliphatic carbocycles. The molecule has 4 heteroatoms. The molecule has 0 saturated heterocycles. The van der Waals surface area contributed by atoms with Crippen LogP contribution in [-0.2, 0) is 0 Å². The fraction of sp³-hybridized carbons (Fsp3) is 0.250. The van der Waals surface area contributed by atoms with Gasteiger partial charge in [0.2, 0.25) is 0 Å². The Balaban J connectivity index is 3.19. The van der Waals surface area contributed by atoms with Crippen LogP contribution < -0.4 is 0 Å². The van der Waals surface area contributed by atoms with Crippen molar-refractivity contribution in [1.29, 1.82) is 5.26 Å². The third-order valence-electron chi connectivity index (χ3n) is 1.49. The summed E-state index contributed by atoms with van der Waals surface area (Å²) >= 11 is 0. The average molecular weight is 168 g/mol. The van der Waals surface area contributed by atoms with E-state index in [4.69, 9.17) is 5.26 Å². The van der Waals surface area contributed by atoms with E-state index in [1.165, 1.54) is 13.1 Å². The molecule has 0 saturated carbocycles. The summed E-state index contributed by atoms with van der Waals surface area (Å²) in [5.41, 5.74) is 0.258. The highest BCUT2D eigenvalue weighted by Gasteiger charge is 2.11. The minimum absolute atomic E-state index is 0.163. The number of rotatable bonds is 1. The molecule has 62 valence electrons. The van der Waals surface area contributed by atoms with Gasteiger partial charge in [-0.1, -0.05) is 0 Å². The molecule has 0 aliphatic heterocycles. The zero-order chi connectivity index (χ0) is 9.14. The minimum Gasteiger partial charge on any atom is -0.260 e. The Kier molecular flexibility index (Phi) is 2.34. The van der Waals surface area contributed by atoms with Crippen LogP contribution in [0, 0.1) is 18.3 Å². The van der Waals surface area contributed by atoms with Crippen LogP contribution in [0.2, 0.25) is 0 Å². The molecular formula is C8H6F2N2. The molecule has 1 aromatic rings. The normalized spacial score (nSPS) is 9.92. The van der Waals surface area contributed by atoms with E-state index in [1.807, 2.05) is 0 Å². The average Bonchev–Trinajstić information content (AvgIpc) is 2.05. The summed E-state index contributed by atoms with van der Waals surface area (Å²) in [6, 6.07) is 2.91. The van der Waals surface area contributed by atoms with Crippen molar-refractivity contribution in [2.24, 2.45) is 0 Å². The van der Waals surface area contributed by atoms with Gasteiger partial charge in [-0.2, -0.15) is 5.26 Å². The van der Waals surface area contributed by atoms with Crippen molar-refractivity contribution >= 4 is 0 Å². The van der Waals surface area contributed by atoms with Crippen LogP contribution >= 0.6 is 0 Å². The molecular weight excluding hydrogens is 162 g/mol. The number of alkyl halides is 2. The van der Waals surface area contributed by atoms with Gasteiger partial charge in [0.15, 0.2) is 0 Å². The summed E-state index contributed by atoms with van der Waals surface area (Å²) in [6.45, 7) is 1.49. The van der Waals surface area contributed by atoms with E-state index >= 15 is 0 Å². The molecule has 2 nitrogen and oxygen atoms in total. The van der Waals surface area contributed by atoms with Crippen molar-refractivity contribution in [3.63, 3.8) is 0 Å². The van der Waals surface area contributed by atoms with Gasteiger partial charge in [0.05, 0.1) is 5.56 Å². The Labute approximate surface area is 68.5 Å². The quantitative estimate of drug-likeness (QED) is 0.644. The first-order valence-corrected chi connectivity index (χ1v) is 3.30. The molecule has 0 unspecified atom stereocenters. The fourth-order valence-corrected chi connectivity index (χ4v) is 0.832. The van der Waals surface area contributed by atoms with Crippen LogP contribution in [0.25, 0.3) is 0 Å². The number of nitrogens with zero attached hydrogens (tertiary/aromatic N) is 2. The summed E-state index contributed by atoms with van der Waals surface area (Å²) in [6.07, 6.45) is -1.29. The molecule has 1 aromatic heterocycles.